The molecule has 2 fully saturated rings. The minimum absolute atomic E-state index is 0.0102. The molecule has 3 aromatic heterocycles. The molecule has 8 heteroatoms. The van der Waals surface area contributed by atoms with E-state index in [2.05, 4.69) is 34.4 Å². The highest BCUT2D eigenvalue weighted by Gasteiger charge is 2.33. The van der Waals surface area contributed by atoms with Crippen LogP contribution in [0.3, 0.4) is 0 Å². The topological polar surface area (TPSA) is 79.8 Å². The first-order chi connectivity index (χ1) is 16.1. The Kier molecular flexibility index (Phi) is 5.37. The standard InChI is InChI=1S/C25H32N6OS/c1-16-13-31-23(27-24(16)29-11-9-17(26)14-29)12-20(28-31)21-7-4-5-10-30(21)25(32)19-15-33-22-8-3-2-6-18(19)22/h12-13,15,17,21H,2-11,14,26H2,1H3. The van der Waals surface area contributed by atoms with Crippen molar-refractivity contribution in [2.24, 2.45) is 5.73 Å². The largest absolute Gasteiger partial charge is 0.355 e. The quantitative estimate of drug-likeness (QED) is 0.636. The molecule has 0 saturated carbocycles. The van der Waals surface area contributed by atoms with E-state index in [4.69, 9.17) is 15.8 Å². The zero-order valence-electron chi connectivity index (χ0n) is 19.3. The van der Waals surface area contributed by atoms with Crippen LogP contribution in [0.2, 0.25) is 0 Å². The lowest BCUT2D eigenvalue weighted by molar-refractivity contribution is 0.0605. The van der Waals surface area contributed by atoms with E-state index in [0.29, 0.717) is 0 Å². The molecule has 2 aliphatic heterocycles. The maximum atomic E-state index is 13.7. The fourth-order valence-corrected chi connectivity index (χ4v) is 6.91. The molecule has 5 heterocycles. The third-order valence-corrected chi connectivity index (χ3v) is 8.63. The number of anilines is 1. The van der Waals surface area contributed by atoms with Gasteiger partial charge in [0.2, 0.25) is 0 Å². The fourth-order valence-electron chi connectivity index (χ4n) is 5.79. The molecule has 2 unspecified atom stereocenters. The first kappa shape index (κ1) is 21.1. The van der Waals surface area contributed by atoms with Crippen LogP contribution in [-0.4, -0.2) is 51.1 Å². The van der Waals surface area contributed by atoms with Crippen molar-refractivity contribution in [1.82, 2.24) is 19.5 Å². The first-order valence-electron chi connectivity index (χ1n) is 12.4. The lowest BCUT2D eigenvalue weighted by Gasteiger charge is -2.35. The molecular weight excluding hydrogens is 432 g/mol. The van der Waals surface area contributed by atoms with Gasteiger partial charge in [0.25, 0.3) is 5.91 Å². The number of hydrogen-bond donors (Lipinski definition) is 1. The summed E-state index contributed by atoms with van der Waals surface area (Å²) in [6.07, 6.45) is 10.8. The van der Waals surface area contributed by atoms with E-state index in [1.54, 1.807) is 11.3 Å². The van der Waals surface area contributed by atoms with Crippen LogP contribution in [-0.2, 0) is 12.8 Å². The van der Waals surface area contributed by atoms with Gasteiger partial charge in [-0.05, 0) is 63.9 Å². The molecule has 1 aliphatic carbocycles. The summed E-state index contributed by atoms with van der Waals surface area (Å²) in [5.74, 6) is 1.19. The van der Waals surface area contributed by atoms with Crippen molar-refractivity contribution in [1.29, 1.82) is 0 Å². The monoisotopic (exact) mass is 464 g/mol. The Morgan fingerprint density at radius 1 is 1.15 bits per heavy atom. The average molecular weight is 465 g/mol. The Bertz CT molecular complexity index is 1200. The Morgan fingerprint density at radius 2 is 2.03 bits per heavy atom. The third-order valence-electron chi connectivity index (χ3n) is 7.55. The van der Waals surface area contributed by atoms with Crippen LogP contribution in [0.1, 0.15) is 76.6 Å². The van der Waals surface area contributed by atoms with E-state index in [1.165, 1.54) is 23.3 Å². The lowest BCUT2D eigenvalue weighted by Crippen LogP contribution is -2.39. The number of thiophene rings is 1. The van der Waals surface area contributed by atoms with E-state index in [0.717, 1.165) is 86.4 Å². The van der Waals surface area contributed by atoms with Crippen molar-refractivity contribution >= 4 is 28.7 Å². The summed E-state index contributed by atoms with van der Waals surface area (Å²) in [5, 5.41) is 7.00. The average Bonchev–Trinajstić information content (AvgIpc) is 3.55. The molecule has 2 N–H and O–H groups in total. The highest BCUT2D eigenvalue weighted by molar-refractivity contribution is 7.10. The second kappa shape index (κ2) is 8.40. The molecule has 7 nitrogen and oxygen atoms in total. The molecule has 174 valence electrons. The maximum Gasteiger partial charge on any atom is 0.255 e. The van der Waals surface area contributed by atoms with E-state index in [9.17, 15) is 4.79 Å². The van der Waals surface area contributed by atoms with Crippen molar-refractivity contribution in [2.45, 2.75) is 70.4 Å². The van der Waals surface area contributed by atoms with Crippen LogP contribution in [0.15, 0.2) is 17.6 Å². The number of carbonyl (C=O) groups is 1. The number of fused-ring (bicyclic) bond motifs is 2. The normalized spacial score (nSPS) is 23.3. The van der Waals surface area contributed by atoms with E-state index < -0.39 is 0 Å². The van der Waals surface area contributed by atoms with Gasteiger partial charge in [-0.3, -0.25) is 4.79 Å². The van der Waals surface area contributed by atoms with Crippen LogP contribution in [0, 0.1) is 6.92 Å². The van der Waals surface area contributed by atoms with Gasteiger partial charge in [-0.15, -0.1) is 11.3 Å². The highest BCUT2D eigenvalue weighted by atomic mass is 32.1. The Labute approximate surface area is 198 Å². The zero-order chi connectivity index (χ0) is 22.5. The van der Waals surface area contributed by atoms with Crippen LogP contribution >= 0.6 is 11.3 Å². The minimum Gasteiger partial charge on any atom is -0.355 e. The number of rotatable bonds is 3. The minimum atomic E-state index is 0.0102. The number of nitrogens with zero attached hydrogens (tertiary/aromatic N) is 5. The molecule has 0 aromatic carbocycles. The van der Waals surface area contributed by atoms with Crippen molar-refractivity contribution in [3.63, 3.8) is 0 Å². The Morgan fingerprint density at radius 3 is 2.88 bits per heavy atom. The summed E-state index contributed by atoms with van der Waals surface area (Å²) >= 11 is 1.77. The number of carbonyl (C=O) groups excluding carboxylic acids is 1. The fraction of sp³-hybridized carbons (Fsp3) is 0.560. The van der Waals surface area contributed by atoms with Gasteiger partial charge in [-0.1, -0.05) is 0 Å². The van der Waals surface area contributed by atoms with Crippen LogP contribution in [0.5, 0.6) is 0 Å². The molecule has 33 heavy (non-hydrogen) atoms. The summed E-state index contributed by atoms with van der Waals surface area (Å²) < 4.78 is 1.88. The number of likely N-dealkylation sites (tertiary alicyclic amines) is 1. The summed E-state index contributed by atoms with van der Waals surface area (Å²) in [5.41, 5.74) is 11.3. The van der Waals surface area contributed by atoms with Gasteiger partial charge in [0.05, 0.1) is 17.3 Å². The Balaban J connectivity index is 1.32. The molecule has 6 rings (SSSR count). The zero-order valence-corrected chi connectivity index (χ0v) is 20.1. The van der Waals surface area contributed by atoms with Crippen LogP contribution in [0.4, 0.5) is 5.82 Å². The molecule has 1 amide bonds. The second-order valence-electron chi connectivity index (χ2n) is 9.88. The van der Waals surface area contributed by atoms with Crippen molar-refractivity contribution < 1.29 is 4.79 Å². The number of piperidine rings is 1. The van der Waals surface area contributed by atoms with Crippen LogP contribution < -0.4 is 10.6 Å². The van der Waals surface area contributed by atoms with E-state index in [-0.39, 0.29) is 18.0 Å². The van der Waals surface area contributed by atoms with Gasteiger partial charge in [0.15, 0.2) is 5.65 Å². The smallest absolute Gasteiger partial charge is 0.255 e. The summed E-state index contributed by atoms with van der Waals surface area (Å²) in [6.45, 7) is 4.68. The van der Waals surface area contributed by atoms with Gasteiger partial charge < -0.3 is 15.5 Å². The number of aromatic nitrogens is 3. The Hall–Kier alpha value is -2.45. The number of hydrogen-bond acceptors (Lipinski definition) is 6. The van der Waals surface area contributed by atoms with Crippen LogP contribution in [0.25, 0.3) is 5.65 Å². The molecule has 3 aromatic rings. The molecular formula is C25H32N6OS. The van der Waals surface area contributed by atoms with Crippen molar-refractivity contribution in [2.75, 3.05) is 24.5 Å². The summed E-state index contributed by atoms with van der Waals surface area (Å²) in [4.78, 5) is 24.4. The first-order valence-corrected chi connectivity index (χ1v) is 13.2. The molecule has 3 aliphatic rings. The number of nitrogens with two attached hydrogens (primary N) is 1. The number of aryl methyl sites for hydroxylation is 2. The van der Waals surface area contributed by atoms with Gasteiger partial charge in [0.1, 0.15) is 5.82 Å². The molecule has 0 spiro atoms. The SMILES string of the molecule is Cc1cn2nc(C3CCCCN3C(=O)c3csc4c3CCCC4)cc2nc1N1CCC(N)C1. The summed E-state index contributed by atoms with van der Waals surface area (Å²) in [7, 11) is 0. The van der Waals surface area contributed by atoms with E-state index in [1.807, 2.05) is 4.52 Å². The van der Waals surface area contributed by atoms with Gasteiger partial charge in [0, 0.05) is 53.8 Å². The maximum absolute atomic E-state index is 13.7. The highest BCUT2D eigenvalue weighted by Crippen LogP contribution is 2.36. The third kappa shape index (κ3) is 3.73. The van der Waals surface area contributed by atoms with Gasteiger partial charge >= 0.3 is 0 Å². The van der Waals surface area contributed by atoms with Crippen molar-refractivity contribution in [3.05, 3.63) is 44.9 Å². The molecule has 0 bridgehead atoms. The second-order valence-corrected chi connectivity index (χ2v) is 10.8. The molecule has 0 radical (unpaired) electrons. The predicted molar refractivity (Wildman–Crippen MR) is 131 cm³/mol. The van der Waals surface area contributed by atoms with Gasteiger partial charge in [-0.2, -0.15) is 5.10 Å². The van der Waals surface area contributed by atoms with Crippen molar-refractivity contribution in [3.8, 4) is 0 Å². The molecule has 2 atom stereocenters. The predicted octanol–water partition coefficient (Wildman–Crippen LogP) is 3.88. The van der Waals surface area contributed by atoms with E-state index >= 15 is 0 Å². The lowest BCUT2D eigenvalue weighted by atomic mass is 9.93. The summed E-state index contributed by atoms with van der Waals surface area (Å²) in [6, 6.07) is 2.31. The van der Waals surface area contributed by atoms with Gasteiger partial charge in [-0.25, -0.2) is 9.50 Å². The number of amides is 1. The molecule has 2 saturated heterocycles.